The number of benzene rings is 2. The van der Waals surface area contributed by atoms with E-state index in [2.05, 4.69) is 113 Å². The van der Waals surface area contributed by atoms with Crippen molar-refractivity contribution in [1.29, 1.82) is 0 Å². The molecule has 3 heterocycles. The Labute approximate surface area is 232 Å². The van der Waals surface area contributed by atoms with E-state index in [0.717, 1.165) is 29.3 Å². The number of aromatic nitrogens is 2. The molecule has 1 aliphatic heterocycles. The van der Waals surface area contributed by atoms with Gasteiger partial charge in [0, 0.05) is 60.7 Å². The molecule has 7 nitrogen and oxygen atoms in total. The summed E-state index contributed by atoms with van der Waals surface area (Å²) in [7, 11) is -0.196. The van der Waals surface area contributed by atoms with Crippen LogP contribution in [0.15, 0.2) is 66.9 Å². The molecule has 0 atom stereocenters. The third-order valence-electron chi connectivity index (χ3n) is 7.01. The SMILES string of the molecule is CC(=O)O.CC(C)N1CCC(Nc2ccc(-c3cc4c(Nc5ccccc5P(C)C)ccnc4[nH]3)cc2)CC1. The quantitative estimate of drug-likeness (QED) is 0.193. The van der Waals surface area contributed by atoms with Crippen LogP contribution in [0.3, 0.4) is 0 Å². The lowest BCUT2D eigenvalue weighted by Crippen LogP contribution is -2.42. The minimum absolute atomic E-state index is 0.196. The van der Waals surface area contributed by atoms with Crippen molar-refractivity contribution < 1.29 is 9.90 Å². The zero-order chi connectivity index (χ0) is 27.9. The number of nitrogens with zero attached hydrogens (tertiary/aromatic N) is 2. The first-order valence-electron chi connectivity index (χ1n) is 13.5. The van der Waals surface area contributed by atoms with E-state index in [1.165, 1.54) is 48.2 Å². The van der Waals surface area contributed by atoms with Crippen molar-refractivity contribution in [2.45, 2.75) is 45.7 Å². The van der Waals surface area contributed by atoms with Gasteiger partial charge in [-0.2, -0.15) is 0 Å². The predicted octanol–water partition coefficient (Wildman–Crippen LogP) is 6.72. The molecule has 1 fully saturated rings. The highest BCUT2D eigenvalue weighted by Crippen LogP contribution is 2.33. The maximum atomic E-state index is 9.00. The van der Waals surface area contributed by atoms with Crippen LogP contribution in [0, 0.1) is 0 Å². The number of likely N-dealkylation sites (tertiary alicyclic amines) is 1. The van der Waals surface area contributed by atoms with Crippen LogP contribution in [0.1, 0.15) is 33.6 Å². The number of fused-ring (bicyclic) bond motifs is 1. The lowest BCUT2D eigenvalue weighted by atomic mass is 10.0. The molecule has 0 radical (unpaired) electrons. The van der Waals surface area contributed by atoms with Crippen molar-refractivity contribution in [2.24, 2.45) is 0 Å². The monoisotopic (exact) mass is 545 g/mol. The van der Waals surface area contributed by atoms with Gasteiger partial charge in [-0.3, -0.25) is 4.79 Å². The minimum Gasteiger partial charge on any atom is -0.481 e. The summed E-state index contributed by atoms with van der Waals surface area (Å²) >= 11 is 0. The van der Waals surface area contributed by atoms with Crippen molar-refractivity contribution in [3.63, 3.8) is 0 Å². The van der Waals surface area contributed by atoms with Crippen molar-refractivity contribution in [3.05, 3.63) is 66.9 Å². The highest BCUT2D eigenvalue weighted by atomic mass is 31.1. The Morgan fingerprint density at radius 2 is 1.72 bits per heavy atom. The molecule has 1 aliphatic rings. The molecule has 39 heavy (non-hydrogen) atoms. The van der Waals surface area contributed by atoms with Crippen molar-refractivity contribution in [3.8, 4) is 11.3 Å². The van der Waals surface area contributed by atoms with E-state index >= 15 is 0 Å². The standard InChI is InChI=1S/C29H36N5P.C2H4O2/c1-20(2)34-17-14-23(15-18-34)31-22-11-9-21(10-12-22)27-19-24-25(13-16-30-29(24)33-27)32-26-7-5-6-8-28(26)35(3)4;1-2(3)4/h5-13,16,19-20,23,31H,14-15,17-18H2,1-4H3,(H2,30,32,33);1H3,(H,3,4). The van der Waals surface area contributed by atoms with Gasteiger partial charge in [0.05, 0.1) is 5.69 Å². The third kappa shape index (κ3) is 7.59. The van der Waals surface area contributed by atoms with Crippen LogP contribution >= 0.6 is 7.92 Å². The number of rotatable bonds is 7. The number of anilines is 3. The average molecular weight is 546 g/mol. The van der Waals surface area contributed by atoms with Gasteiger partial charge in [0.15, 0.2) is 0 Å². The maximum absolute atomic E-state index is 9.00. The highest BCUT2D eigenvalue weighted by Gasteiger charge is 2.20. The number of carboxylic acid groups (broad SMARTS) is 1. The van der Waals surface area contributed by atoms with E-state index in [4.69, 9.17) is 9.90 Å². The molecule has 0 spiro atoms. The first-order valence-corrected chi connectivity index (χ1v) is 15.8. The van der Waals surface area contributed by atoms with Crippen LogP contribution in [0.5, 0.6) is 0 Å². The number of hydrogen-bond acceptors (Lipinski definition) is 5. The first kappa shape index (κ1) is 28.6. The fourth-order valence-corrected chi connectivity index (χ4v) is 5.94. The normalized spacial score (nSPS) is 14.3. The van der Waals surface area contributed by atoms with Gasteiger partial charge in [-0.25, -0.2) is 4.98 Å². The van der Waals surface area contributed by atoms with Crippen LogP contribution in [0.2, 0.25) is 0 Å². The van der Waals surface area contributed by atoms with E-state index in [1.54, 1.807) is 0 Å². The van der Waals surface area contributed by atoms with Crippen molar-refractivity contribution >= 4 is 47.3 Å². The predicted molar refractivity (Wildman–Crippen MR) is 166 cm³/mol. The summed E-state index contributed by atoms with van der Waals surface area (Å²) in [6.07, 6.45) is 4.26. The lowest BCUT2D eigenvalue weighted by molar-refractivity contribution is -0.134. The molecule has 206 valence electrons. The summed E-state index contributed by atoms with van der Waals surface area (Å²) in [5.41, 5.74) is 6.60. The smallest absolute Gasteiger partial charge is 0.300 e. The van der Waals surface area contributed by atoms with Crippen LogP contribution < -0.4 is 15.9 Å². The molecule has 2 aromatic heterocycles. The number of piperidine rings is 1. The van der Waals surface area contributed by atoms with Gasteiger partial charge in [0.25, 0.3) is 5.97 Å². The third-order valence-corrected chi connectivity index (χ3v) is 8.37. The summed E-state index contributed by atoms with van der Waals surface area (Å²) in [6.45, 7) is 12.6. The van der Waals surface area contributed by atoms with E-state index < -0.39 is 5.97 Å². The van der Waals surface area contributed by atoms with Crippen LogP contribution in [0.4, 0.5) is 17.1 Å². The van der Waals surface area contributed by atoms with E-state index in [-0.39, 0.29) is 7.92 Å². The van der Waals surface area contributed by atoms with Gasteiger partial charge in [-0.15, -0.1) is 0 Å². The second kappa shape index (κ2) is 13.1. The van der Waals surface area contributed by atoms with Crippen LogP contribution in [-0.4, -0.2) is 64.4 Å². The van der Waals surface area contributed by atoms with Gasteiger partial charge in [0.2, 0.25) is 0 Å². The Kier molecular flexibility index (Phi) is 9.60. The van der Waals surface area contributed by atoms with Gasteiger partial charge < -0.3 is 25.6 Å². The fourth-order valence-electron chi connectivity index (χ4n) is 4.95. The number of aromatic amines is 1. The van der Waals surface area contributed by atoms with Crippen molar-refractivity contribution in [2.75, 3.05) is 37.1 Å². The zero-order valence-electron chi connectivity index (χ0n) is 23.5. The second-order valence-electron chi connectivity index (χ2n) is 10.5. The highest BCUT2D eigenvalue weighted by molar-refractivity contribution is 7.64. The Bertz CT molecular complexity index is 1370. The van der Waals surface area contributed by atoms with Crippen LogP contribution in [0.25, 0.3) is 22.3 Å². The molecule has 1 saturated heterocycles. The molecule has 0 aliphatic carbocycles. The largest absolute Gasteiger partial charge is 0.481 e. The van der Waals surface area contributed by atoms with Gasteiger partial charge >= 0.3 is 0 Å². The number of carboxylic acids is 1. The molecular weight excluding hydrogens is 505 g/mol. The van der Waals surface area contributed by atoms with Gasteiger partial charge in [-0.05, 0) is 81.2 Å². The summed E-state index contributed by atoms with van der Waals surface area (Å²) in [4.78, 5) is 19.7. The summed E-state index contributed by atoms with van der Waals surface area (Å²) in [6, 6.07) is 22.8. The van der Waals surface area contributed by atoms with E-state index in [0.29, 0.717) is 12.1 Å². The molecule has 4 aromatic rings. The molecule has 5 rings (SSSR count). The minimum atomic E-state index is -0.833. The molecule has 0 amide bonds. The number of aliphatic carboxylic acids is 1. The Morgan fingerprint density at radius 1 is 1.05 bits per heavy atom. The zero-order valence-corrected chi connectivity index (χ0v) is 24.4. The second-order valence-corrected chi connectivity index (χ2v) is 12.8. The van der Waals surface area contributed by atoms with E-state index in [9.17, 15) is 0 Å². The molecule has 0 unspecified atom stereocenters. The van der Waals surface area contributed by atoms with Gasteiger partial charge in [-0.1, -0.05) is 38.3 Å². The van der Waals surface area contributed by atoms with Crippen LogP contribution in [-0.2, 0) is 4.79 Å². The topological polar surface area (TPSA) is 93.3 Å². The number of hydrogen-bond donors (Lipinski definition) is 4. The number of carbonyl (C=O) groups is 1. The molecule has 2 aromatic carbocycles. The number of nitrogens with one attached hydrogen (secondary N) is 3. The summed E-state index contributed by atoms with van der Waals surface area (Å²) in [5, 5.41) is 17.3. The first-order chi connectivity index (χ1) is 18.7. The Morgan fingerprint density at radius 3 is 2.36 bits per heavy atom. The average Bonchev–Trinajstić information content (AvgIpc) is 3.35. The Hall–Kier alpha value is -3.41. The molecule has 8 heteroatoms. The molecule has 4 N–H and O–H groups in total. The summed E-state index contributed by atoms with van der Waals surface area (Å²) < 4.78 is 0. The van der Waals surface area contributed by atoms with E-state index in [1.807, 2.05) is 6.20 Å². The number of para-hydroxylation sites is 1. The fraction of sp³-hybridized carbons (Fsp3) is 0.355. The van der Waals surface area contributed by atoms with Crippen molar-refractivity contribution in [1.82, 2.24) is 14.9 Å². The summed E-state index contributed by atoms with van der Waals surface area (Å²) in [5.74, 6) is -0.833. The Balaban J connectivity index is 0.000000826. The number of pyridine rings is 1. The number of H-pyrrole nitrogens is 1. The van der Waals surface area contributed by atoms with Gasteiger partial charge in [0.1, 0.15) is 5.65 Å². The molecule has 0 bridgehead atoms. The lowest BCUT2D eigenvalue weighted by Gasteiger charge is -2.35. The maximum Gasteiger partial charge on any atom is 0.300 e. The molecular formula is C31H40N5O2P. The molecule has 0 saturated carbocycles.